The van der Waals surface area contributed by atoms with E-state index in [0.29, 0.717) is 9.80 Å². The number of carbonyl (C=O) groups excluding carboxylic acids is 4. The summed E-state index contributed by atoms with van der Waals surface area (Å²) >= 11 is 0. The van der Waals surface area contributed by atoms with Crippen LogP contribution in [0, 0.1) is 0 Å². The van der Waals surface area contributed by atoms with E-state index in [-0.39, 0.29) is 12.2 Å². The van der Waals surface area contributed by atoms with Crippen molar-refractivity contribution in [2.45, 2.75) is 19.6 Å². The van der Waals surface area contributed by atoms with E-state index in [2.05, 4.69) is 4.74 Å². The van der Waals surface area contributed by atoms with E-state index in [1.807, 2.05) is 0 Å². The number of esters is 1. The number of ether oxygens (including phenoxy) is 1. The summed E-state index contributed by atoms with van der Waals surface area (Å²) in [5.41, 5.74) is -0.930. The van der Waals surface area contributed by atoms with Crippen molar-refractivity contribution in [2.24, 2.45) is 0 Å². The number of hydrogen-bond donors (Lipinski definition) is 0. The lowest BCUT2D eigenvalue weighted by molar-refractivity contribution is -0.148. The zero-order chi connectivity index (χ0) is 18.8. The summed E-state index contributed by atoms with van der Waals surface area (Å²) in [6, 6.07) is 2.95. The van der Waals surface area contributed by atoms with Crippen LogP contribution >= 0.6 is 0 Å². The van der Waals surface area contributed by atoms with Crippen LogP contribution in [-0.2, 0) is 31.8 Å². The Morgan fingerprint density at radius 2 is 1.76 bits per heavy atom. The first-order chi connectivity index (χ1) is 11.6. The molecule has 0 N–H and O–H groups in total. The van der Waals surface area contributed by atoms with Crippen molar-refractivity contribution in [3.63, 3.8) is 0 Å². The standard InChI is InChI=1S/C15H13F3N2O5/c1-2-25-11(21)8-20-13(23)12(22)19(14(20)24)7-9-4-3-5-10(6-9)15(16,17)18/h3-6H,2,7-8H2,1H3. The first kappa shape index (κ1) is 18.4. The summed E-state index contributed by atoms with van der Waals surface area (Å²) in [5.74, 6) is -3.32. The number of carbonyl (C=O) groups is 4. The first-order valence-corrected chi connectivity index (χ1v) is 7.14. The molecule has 1 aliphatic heterocycles. The van der Waals surface area contributed by atoms with E-state index in [9.17, 15) is 32.3 Å². The Balaban J connectivity index is 2.18. The highest BCUT2D eigenvalue weighted by atomic mass is 19.4. The third kappa shape index (κ3) is 3.95. The van der Waals surface area contributed by atoms with Gasteiger partial charge in [0.2, 0.25) is 0 Å². The Hall–Kier alpha value is -2.91. The van der Waals surface area contributed by atoms with Gasteiger partial charge < -0.3 is 4.74 Å². The lowest BCUT2D eigenvalue weighted by atomic mass is 10.1. The summed E-state index contributed by atoms with van der Waals surface area (Å²) in [4.78, 5) is 48.1. The summed E-state index contributed by atoms with van der Waals surface area (Å²) in [5, 5.41) is 0. The minimum atomic E-state index is -4.58. The maximum Gasteiger partial charge on any atom is 0.416 e. The fourth-order valence-electron chi connectivity index (χ4n) is 2.19. The van der Waals surface area contributed by atoms with Crippen LogP contribution in [0.15, 0.2) is 24.3 Å². The fraction of sp³-hybridized carbons (Fsp3) is 0.333. The molecule has 0 bridgehead atoms. The molecule has 10 heteroatoms. The lowest BCUT2D eigenvalue weighted by Crippen LogP contribution is -2.37. The van der Waals surface area contributed by atoms with Crippen molar-refractivity contribution < 1.29 is 37.1 Å². The molecule has 0 aliphatic carbocycles. The van der Waals surface area contributed by atoms with Crippen LogP contribution in [0.4, 0.5) is 18.0 Å². The highest BCUT2D eigenvalue weighted by Gasteiger charge is 2.45. The monoisotopic (exact) mass is 358 g/mol. The summed E-state index contributed by atoms with van der Waals surface area (Å²) in [6.07, 6.45) is -4.58. The van der Waals surface area contributed by atoms with E-state index >= 15 is 0 Å². The molecule has 0 unspecified atom stereocenters. The van der Waals surface area contributed by atoms with Crippen LogP contribution in [0.25, 0.3) is 0 Å². The quantitative estimate of drug-likeness (QED) is 0.453. The van der Waals surface area contributed by atoms with Gasteiger partial charge >= 0.3 is 30.0 Å². The van der Waals surface area contributed by atoms with Gasteiger partial charge in [-0.2, -0.15) is 13.2 Å². The SMILES string of the molecule is CCOC(=O)CN1C(=O)C(=O)N(Cc2cccc(C(F)(F)F)c2)C1=O. The van der Waals surface area contributed by atoms with Gasteiger partial charge in [0.25, 0.3) is 0 Å². The van der Waals surface area contributed by atoms with Crippen molar-refractivity contribution in [1.82, 2.24) is 9.80 Å². The van der Waals surface area contributed by atoms with Crippen LogP contribution in [0.2, 0.25) is 0 Å². The van der Waals surface area contributed by atoms with Crippen molar-refractivity contribution >= 4 is 23.8 Å². The van der Waals surface area contributed by atoms with Crippen LogP contribution in [0.3, 0.4) is 0 Å². The lowest BCUT2D eigenvalue weighted by Gasteiger charge is -2.15. The molecule has 25 heavy (non-hydrogen) atoms. The Labute approximate surface area is 139 Å². The average molecular weight is 358 g/mol. The van der Waals surface area contributed by atoms with Crippen molar-refractivity contribution in [1.29, 1.82) is 0 Å². The number of rotatable bonds is 5. The second-order valence-electron chi connectivity index (χ2n) is 5.07. The zero-order valence-corrected chi connectivity index (χ0v) is 13.0. The van der Waals surface area contributed by atoms with E-state index < -0.39 is 48.6 Å². The third-order valence-electron chi connectivity index (χ3n) is 3.32. The molecule has 4 amide bonds. The molecule has 134 valence electrons. The van der Waals surface area contributed by atoms with Gasteiger partial charge in [-0.15, -0.1) is 0 Å². The second kappa shape index (κ2) is 6.91. The van der Waals surface area contributed by atoms with Gasteiger partial charge in [0.05, 0.1) is 18.7 Å². The van der Waals surface area contributed by atoms with Gasteiger partial charge in [0.15, 0.2) is 0 Å². The molecule has 1 aromatic carbocycles. The fourth-order valence-corrected chi connectivity index (χ4v) is 2.19. The predicted molar refractivity (Wildman–Crippen MR) is 75.7 cm³/mol. The molecule has 0 saturated carbocycles. The summed E-state index contributed by atoms with van der Waals surface area (Å²) in [6.45, 7) is 0.288. The Morgan fingerprint density at radius 1 is 1.12 bits per heavy atom. The Morgan fingerprint density at radius 3 is 2.36 bits per heavy atom. The molecular formula is C15H13F3N2O5. The molecule has 0 spiro atoms. The average Bonchev–Trinajstić information content (AvgIpc) is 2.73. The smallest absolute Gasteiger partial charge is 0.416 e. The highest BCUT2D eigenvalue weighted by Crippen LogP contribution is 2.30. The molecule has 1 saturated heterocycles. The normalized spacial score (nSPS) is 15.1. The number of nitrogens with zero attached hydrogens (tertiary/aromatic N) is 2. The maximum absolute atomic E-state index is 12.7. The van der Waals surface area contributed by atoms with Gasteiger partial charge in [-0.1, -0.05) is 12.1 Å². The van der Waals surface area contributed by atoms with Crippen molar-refractivity contribution in [3.05, 3.63) is 35.4 Å². The molecule has 1 fully saturated rings. The van der Waals surface area contributed by atoms with Crippen LogP contribution in [0.1, 0.15) is 18.1 Å². The molecule has 1 aliphatic rings. The summed E-state index contributed by atoms with van der Waals surface area (Å²) < 4.78 is 42.7. The van der Waals surface area contributed by atoms with Gasteiger partial charge in [-0.05, 0) is 24.6 Å². The van der Waals surface area contributed by atoms with Crippen LogP contribution in [-0.4, -0.2) is 46.8 Å². The number of benzene rings is 1. The number of urea groups is 1. The minimum Gasteiger partial charge on any atom is -0.465 e. The van der Waals surface area contributed by atoms with Crippen molar-refractivity contribution in [2.75, 3.05) is 13.2 Å². The molecule has 1 heterocycles. The third-order valence-corrected chi connectivity index (χ3v) is 3.32. The molecule has 0 aromatic heterocycles. The Kier molecular flexibility index (Phi) is 5.10. The topological polar surface area (TPSA) is 84.0 Å². The van der Waals surface area contributed by atoms with E-state index in [1.165, 1.54) is 13.0 Å². The van der Waals surface area contributed by atoms with Gasteiger partial charge in [-0.25, -0.2) is 9.69 Å². The maximum atomic E-state index is 12.7. The number of halogens is 3. The highest BCUT2D eigenvalue weighted by molar-refractivity contribution is 6.44. The molecular weight excluding hydrogens is 345 g/mol. The molecule has 2 rings (SSSR count). The summed E-state index contributed by atoms with van der Waals surface area (Å²) in [7, 11) is 0. The van der Waals surface area contributed by atoms with E-state index in [1.54, 1.807) is 0 Å². The Bertz CT molecular complexity index is 732. The van der Waals surface area contributed by atoms with Crippen LogP contribution < -0.4 is 0 Å². The second-order valence-corrected chi connectivity index (χ2v) is 5.07. The number of alkyl halides is 3. The van der Waals surface area contributed by atoms with E-state index in [4.69, 9.17) is 0 Å². The number of amides is 4. The van der Waals surface area contributed by atoms with Gasteiger partial charge in [-0.3, -0.25) is 19.3 Å². The zero-order valence-electron chi connectivity index (χ0n) is 13.0. The van der Waals surface area contributed by atoms with Gasteiger partial charge in [0.1, 0.15) is 6.54 Å². The van der Waals surface area contributed by atoms with Gasteiger partial charge in [0, 0.05) is 0 Å². The number of imide groups is 2. The molecule has 0 radical (unpaired) electrons. The largest absolute Gasteiger partial charge is 0.465 e. The van der Waals surface area contributed by atoms with Crippen molar-refractivity contribution in [3.8, 4) is 0 Å². The predicted octanol–water partition coefficient (Wildman–Crippen LogP) is 1.56. The first-order valence-electron chi connectivity index (χ1n) is 7.14. The molecule has 7 nitrogen and oxygen atoms in total. The molecule has 0 atom stereocenters. The number of hydrogen-bond acceptors (Lipinski definition) is 5. The van der Waals surface area contributed by atoms with Crippen LogP contribution in [0.5, 0.6) is 0 Å². The minimum absolute atomic E-state index is 0.0160. The molecule has 1 aromatic rings. The van der Waals surface area contributed by atoms with E-state index in [0.717, 1.165) is 18.2 Å².